The van der Waals surface area contributed by atoms with Crippen LogP contribution in [0, 0.1) is 5.92 Å². The Morgan fingerprint density at radius 3 is 2.07 bits per heavy atom. The van der Waals surface area contributed by atoms with Gasteiger partial charge in [0.15, 0.2) is 0 Å². The smallest absolute Gasteiger partial charge is 0.302 e. The van der Waals surface area contributed by atoms with Gasteiger partial charge < -0.3 is 9.47 Å². The summed E-state index contributed by atoms with van der Waals surface area (Å²) in [5, 5.41) is 0. The van der Waals surface area contributed by atoms with Crippen LogP contribution in [0.4, 0.5) is 0 Å². The molecule has 1 aliphatic rings. The lowest BCUT2D eigenvalue weighted by atomic mass is 9.85. The molecule has 0 radical (unpaired) electrons. The van der Waals surface area contributed by atoms with Crippen LogP contribution in [0.25, 0.3) is 0 Å². The van der Waals surface area contributed by atoms with E-state index in [9.17, 15) is 4.79 Å². The lowest BCUT2D eigenvalue weighted by Gasteiger charge is -2.40. The molecule has 27 heavy (non-hydrogen) atoms. The molecule has 1 aliphatic heterocycles. The van der Waals surface area contributed by atoms with E-state index in [0.29, 0.717) is 0 Å². The number of esters is 1. The molecule has 0 N–H and O–H groups in total. The molecule has 0 aromatic heterocycles. The molecule has 1 heterocycles. The molecule has 0 aliphatic carbocycles. The highest BCUT2D eigenvalue weighted by Crippen LogP contribution is 2.32. The SMILES string of the molecule is CC(=O)O[C@@H]1C[C@H](CCc2ccccc2)O[C@H](CCc2ccccc2)[C@@H]1C. The third-order valence-corrected chi connectivity index (χ3v) is 5.51. The molecule has 0 spiro atoms. The van der Waals surface area contributed by atoms with E-state index < -0.39 is 0 Å². The molecule has 1 saturated heterocycles. The molecule has 0 saturated carbocycles. The highest BCUT2D eigenvalue weighted by molar-refractivity contribution is 5.66. The average Bonchev–Trinajstić information content (AvgIpc) is 2.68. The van der Waals surface area contributed by atoms with Crippen molar-refractivity contribution >= 4 is 5.97 Å². The molecular weight excluding hydrogens is 336 g/mol. The van der Waals surface area contributed by atoms with E-state index in [4.69, 9.17) is 9.47 Å². The van der Waals surface area contributed by atoms with E-state index in [1.54, 1.807) is 0 Å². The van der Waals surface area contributed by atoms with Crippen LogP contribution >= 0.6 is 0 Å². The minimum Gasteiger partial charge on any atom is -0.462 e. The van der Waals surface area contributed by atoms with Crippen molar-refractivity contribution < 1.29 is 14.3 Å². The first kappa shape index (κ1) is 19.6. The first-order valence-corrected chi connectivity index (χ1v) is 10.0. The molecule has 3 rings (SSSR count). The fraction of sp³-hybridized carbons (Fsp3) is 0.458. The maximum absolute atomic E-state index is 11.6. The maximum atomic E-state index is 11.6. The van der Waals surface area contributed by atoms with Crippen molar-refractivity contribution in [3.63, 3.8) is 0 Å². The van der Waals surface area contributed by atoms with Crippen LogP contribution in [0.5, 0.6) is 0 Å². The van der Waals surface area contributed by atoms with Crippen LogP contribution in [0.2, 0.25) is 0 Å². The summed E-state index contributed by atoms with van der Waals surface area (Å²) < 4.78 is 12.1. The van der Waals surface area contributed by atoms with Gasteiger partial charge in [0.25, 0.3) is 0 Å². The topological polar surface area (TPSA) is 35.5 Å². The minimum atomic E-state index is -0.197. The zero-order valence-corrected chi connectivity index (χ0v) is 16.3. The quantitative estimate of drug-likeness (QED) is 0.649. The number of ether oxygens (including phenoxy) is 2. The van der Waals surface area contributed by atoms with Crippen LogP contribution in [0.15, 0.2) is 60.7 Å². The normalized spacial score (nSPS) is 25.1. The fourth-order valence-electron chi connectivity index (χ4n) is 3.95. The standard InChI is InChI=1S/C24H30O3/c1-18-23(16-14-21-11-7-4-8-12-21)27-22(17-24(18)26-19(2)25)15-13-20-9-5-3-6-10-20/h3-12,18,22-24H,13-17H2,1-2H3/t18-,22-,23+,24+/m0/s1. The summed E-state index contributed by atoms with van der Waals surface area (Å²) in [7, 11) is 0. The summed E-state index contributed by atoms with van der Waals surface area (Å²) in [6, 6.07) is 21.0. The predicted octanol–water partition coefficient (Wildman–Crippen LogP) is 4.98. The average molecular weight is 367 g/mol. The Balaban J connectivity index is 1.62. The van der Waals surface area contributed by atoms with Crippen molar-refractivity contribution in [2.45, 2.75) is 64.3 Å². The van der Waals surface area contributed by atoms with E-state index >= 15 is 0 Å². The molecule has 1 fully saturated rings. The van der Waals surface area contributed by atoms with Crippen molar-refractivity contribution in [2.75, 3.05) is 0 Å². The van der Waals surface area contributed by atoms with Gasteiger partial charge in [0.05, 0.1) is 12.2 Å². The summed E-state index contributed by atoms with van der Waals surface area (Å²) in [5.74, 6) is 0.0166. The third kappa shape index (κ3) is 5.93. The zero-order chi connectivity index (χ0) is 19.1. The zero-order valence-electron chi connectivity index (χ0n) is 16.3. The van der Waals surface area contributed by atoms with Crippen molar-refractivity contribution in [1.29, 1.82) is 0 Å². The van der Waals surface area contributed by atoms with E-state index in [0.717, 1.165) is 32.1 Å². The highest BCUT2D eigenvalue weighted by atomic mass is 16.6. The summed E-state index contributed by atoms with van der Waals surface area (Å²) in [5.41, 5.74) is 2.65. The Labute approximate surface area is 162 Å². The van der Waals surface area contributed by atoms with Gasteiger partial charge in [-0.05, 0) is 36.8 Å². The van der Waals surface area contributed by atoms with Gasteiger partial charge in [0.2, 0.25) is 0 Å². The van der Waals surface area contributed by atoms with Crippen LogP contribution in [0.3, 0.4) is 0 Å². The van der Waals surface area contributed by atoms with Gasteiger partial charge in [-0.25, -0.2) is 0 Å². The third-order valence-electron chi connectivity index (χ3n) is 5.51. The Bertz CT molecular complexity index is 698. The fourth-order valence-corrected chi connectivity index (χ4v) is 3.95. The molecule has 0 unspecified atom stereocenters. The van der Waals surface area contributed by atoms with Crippen LogP contribution in [0.1, 0.15) is 44.2 Å². The Hall–Kier alpha value is -2.13. The molecule has 0 amide bonds. The van der Waals surface area contributed by atoms with Gasteiger partial charge in [0, 0.05) is 19.3 Å². The maximum Gasteiger partial charge on any atom is 0.302 e. The van der Waals surface area contributed by atoms with E-state index in [2.05, 4.69) is 55.5 Å². The van der Waals surface area contributed by atoms with Crippen LogP contribution in [-0.4, -0.2) is 24.3 Å². The molecular formula is C24H30O3. The monoisotopic (exact) mass is 366 g/mol. The predicted molar refractivity (Wildman–Crippen MR) is 108 cm³/mol. The first-order chi connectivity index (χ1) is 13.1. The molecule has 2 aromatic carbocycles. The molecule has 3 nitrogen and oxygen atoms in total. The van der Waals surface area contributed by atoms with Gasteiger partial charge >= 0.3 is 5.97 Å². The molecule has 144 valence electrons. The van der Waals surface area contributed by atoms with Crippen molar-refractivity contribution in [2.24, 2.45) is 5.92 Å². The van der Waals surface area contributed by atoms with E-state index in [1.165, 1.54) is 18.1 Å². The van der Waals surface area contributed by atoms with Gasteiger partial charge in [-0.1, -0.05) is 67.6 Å². The number of rotatable bonds is 7. The van der Waals surface area contributed by atoms with Crippen molar-refractivity contribution in [1.82, 2.24) is 0 Å². The number of hydrogen-bond donors (Lipinski definition) is 0. The highest BCUT2D eigenvalue weighted by Gasteiger charge is 2.37. The largest absolute Gasteiger partial charge is 0.462 e. The Kier molecular flexibility index (Phi) is 7.05. The minimum absolute atomic E-state index is 0.0576. The van der Waals surface area contributed by atoms with E-state index in [-0.39, 0.29) is 30.2 Å². The number of carbonyl (C=O) groups excluding carboxylic acids is 1. The molecule has 2 aromatic rings. The van der Waals surface area contributed by atoms with E-state index in [1.807, 2.05) is 12.1 Å². The summed E-state index contributed by atoms with van der Waals surface area (Å²) in [6.45, 7) is 3.65. The van der Waals surface area contributed by atoms with Crippen molar-refractivity contribution in [3.8, 4) is 0 Å². The summed E-state index contributed by atoms with van der Waals surface area (Å²) in [4.78, 5) is 11.6. The number of aryl methyl sites for hydroxylation is 2. The molecule has 3 heteroatoms. The Morgan fingerprint density at radius 2 is 1.52 bits per heavy atom. The molecule has 0 bridgehead atoms. The summed E-state index contributed by atoms with van der Waals surface area (Å²) in [6.07, 6.45) is 4.84. The van der Waals surface area contributed by atoms with Gasteiger partial charge in [-0.2, -0.15) is 0 Å². The first-order valence-electron chi connectivity index (χ1n) is 10.0. The lowest BCUT2D eigenvalue weighted by molar-refractivity contribution is -0.173. The molecule has 4 atom stereocenters. The summed E-state index contributed by atoms with van der Waals surface area (Å²) >= 11 is 0. The van der Waals surface area contributed by atoms with Crippen molar-refractivity contribution in [3.05, 3.63) is 71.8 Å². The van der Waals surface area contributed by atoms with Gasteiger partial charge in [-0.3, -0.25) is 4.79 Å². The van der Waals surface area contributed by atoms with Gasteiger partial charge in [0.1, 0.15) is 6.10 Å². The second kappa shape index (κ2) is 9.70. The van der Waals surface area contributed by atoms with Gasteiger partial charge in [-0.15, -0.1) is 0 Å². The van der Waals surface area contributed by atoms with Crippen LogP contribution in [-0.2, 0) is 27.1 Å². The second-order valence-corrected chi connectivity index (χ2v) is 7.59. The number of hydrogen-bond acceptors (Lipinski definition) is 3. The number of benzene rings is 2. The number of carbonyl (C=O) groups is 1. The second-order valence-electron chi connectivity index (χ2n) is 7.59. The van der Waals surface area contributed by atoms with Crippen LogP contribution < -0.4 is 0 Å². The lowest BCUT2D eigenvalue weighted by Crippen LogP contribution is -2.45. The Morgan fingerprint density at radius 1 is 0.963 bits per heavy atom.